The smallest absolute Gasteiger partial charge is 0.244 e. The molecule has 3 atom stereocenters. The quantitative estimate of drug-likeness (QED) is 0.215. The zero-order valence-corrected chi connectivity index (χ0v) is 23.3. The normalized spacial score (nSPS) is 16.3. The summed E-state index contributed by atoms with van der Waals surface area (Å²) >= 11 is 0. The highest BCUT2D eigenvalue weighted by atomic mass is 16.2. The summed E-state index contributed by atoms with van der Waals surface area (Å²) in [5, 5.41) is 9.95. The molecule has 0 aliphatic carbocycles. The van der Waals surface area contributed by atoms with E-state index < -0.39 is 5.54 Å². The van der Waals surface area contributed by atoms with E-state index in [0.717, 1.165) is 51.5 Å². The largest absolute Gasteiger partial charge is 0.352 e. The van der Waals surface area contributed by atoms with Crippen molar-refractivity contribution in [3.63, 3.8) is 0 Å². The van der Waals surface area contributed by atoms with Gasteiger partial charge in [-0.05, 0) is 58.1 Å². The number of carbonyl (C=O) groups excluding carboxylic acids is 3. The van der Waals surface area contributed by atoms with Crippen LogP contribution in [0.2, 0.25) is 0 Å². The fourth-order valence-electron chi connectivity index (χ4n) is 3.93. The predicted molar refractivity (Wildman–Crippen MR) is 143 cm³/mol. The van der Waals surface area contributed by atoms with Gasteiger partial charge < -0.3 is 16.0 Å². The average Bonchev–Trinajstić information content (AvgIpc) is 2.82. The monoisotopic (exact) mass is 479 g/mol. The van der Waals surface area contributed by atoms with Gasteiger partial charge in [0.1, 0.15) is 0 Å². The molecule has 0 saturated heterocycles. The van der Waals surface area contributed by atoms with Crippen LogP contribution in [0.4, 0.5) is 0 Å². The summed E-state index contributed by atoms with van der Waals surface area (Å²) in [4.78, 5) is 37.0. The van der Waals surface area contributed by atoms with E-state index in [1.807, 2.05) is 20.8 Å². The average molecular weight is 480 g/mol. The minimum Gasteiger partial charge on any atom is -0.352 e. The third-order valence-corrected chi connectivity index (χ3v) is 7.52. The topological polar surface area (TPSA) is 87.3 Å². The summed E-state index contributed by atoms with van der Waals surface area (Å²) < 4.78 is 0. The van der Waals surface area contributed by atoms with Gasteiger partial charge in [-0.3, -0.25) is 14.4 Å². The van der Waals surface area contributed by atoms with Crippen molar-refractivity contribution in [2.24, 2.45) is 11.8 Å². The molecule has 1 amide bonds. The lowest BCUT2D eigenvalue weighted by Gasteiger charge is -2.33. The first-order valence-corrected chi connectivity index (χ1v) is 13.5. The summed E-state index contributed by atoms with van der Waals surface area (Å²) in [6, 6.07) is 0. The molecule has 0 aliphatic rings. The highest BCUT2D eigenvalue weighted by molar-refractivity contribution is 5.98. The van der Waals surface area contributed by atoms with E-state index in [1.165, 1.54) is 12.2 Å². The maximum absolute atomic E-state index is 13.0. The van der Waals surface area contributed by atoms with Crippen LogP contribution >= 0.6 is 0 Å². The molecule has 0 aromatic carbocycles. The van der Waals surface area contributed by atoms with Gasteiger partial charge in [0.2, 0.25) is 5.91 Å². The number of allylic oxidation sites excluding steroid dienone is 1. The molecule has 198 valence electrons. The van der Waals surface area contributed by atoms with Crippen LogP contribution in [0.15, 0.2) is 12.2 Å². The maximum Gasteiger partial charge on any atom is 0.244 e. The van der Waals surface area contributed by atoms with Gasteiger partial charge in [-0.25, -0.2) is 0 Å². The molecule has 0 aromatic rings. The van der Waals surface area contributed by atoms with E-state index in [2.05, 4.69) is 50.6 Å². The Kier molecular flexibility index (Phi) is 16.2. The molecular weight excluding hydrogens is 426 g/mol. The molecule has 34 heavy (non-hydrogen) atoms. The minimum absolute atomic E-state index is 0.00444. The summed E-state index contributed by atoms with van der Waals surface area (Å²) in [6.45, 7) is 18.7. The number of carbonyl (C=O) groups is 3. The number of rotatable bonds is 20. The Morgan fingerprint density at radius 1 is 0.882 bits per heavy atom. The standard InChI is InChI=1S/C28H53N3O3/c1-9-14-22(6)24(32)15-16-26(34)29-20-18-27(7,12-4)30-19-17-25(33)28(8,13-5)31-21-23(10-2)11-3/h15-16,22-23,30-31H,9-14,17-21H2,1-8H3,(H,29,34)/b16-15+. The number of Topliss-reactive ketones (excluding diaryl/α,β-unsaturated/α-hetero) is 1. The highest BCUT2D eigenvalue weighted by Gasteiger charge is 2.31. The minimum atomic E-state index is -0.487. The first-order chi connectivity index (χ1) is 16.0. The van der Waals surface area contributed by atoms with Crippen molar-refractivity contribution in [2.75, 3.05) is 19.6 Å². The second-order valence-corrected chi connectivity index (χ2v) is 10.2. The number of amides is 1. The van der Waals surface area contributed by atoms with E-state index in [9.17, 15) is 14.4 Å². The molecule has 3 N–H and O–H groups in total. The Labute approximate surface area is 209 Å². The van der Waals surface area contributed by atoms with Crippen LogP contribution < -0.4 is 16.0 Å². The number of hydrogen-bond acceptors (Lipinski definition) is 5. The van der Waals surface area contributed by atoms with Crippen LogP contribution in [-0.2, 0) is 14.4 Å². The second kappa shape index (κ2) is 17.0. The van der Waals surface area contributed by atoms with Crippen LogP contribution in [0.1, 0.15) is 107 Å². The van der Waals surface area contributed by atoms with Crippen molar-refractivity contribution in [1.82, 2.24) is 16.0 Å². The molecule has 0 rings (SSSR count). The SMILES string of the molecule is CCCC(C)C(=O)/C=C/C(=O)NCCC(C)(CC)NCCC(=O)C(C)(CC)NCC(CC)CC. The number of nitrogens with one attached hydrogen (secondary N) is 3. The van der Waals surface area contributed by atoms with Crippen molar-refractivity contribution in [3.05, 3.63) is 12.2 Å². The summed E-state index contributed by atoms with van der Waals surface area (Å²) in [5.41, 5.74) is -0.659. The predicted octanol–water partition coefficient (Wildman–Crippen LogP) is 4.97. The van der Waals surface area contributed by atoms with Crippen LogP contribution in [0.3, 0.4) is 0 Å². The number of hydrogen-bond donors (Lipinski definition) is 3. The van der Waals surface area contributed by atoms with Gasteiger partial charge in [0, 0.05) is 37.0 Å². The van der Waals surface area contributed by atoms with Crippen LogP contribution in [0.25, 0.3) is 0 Å². The van der Waals surface area contributed by atoms with Crippen molar-refractivity contribution in [3.8, 4) is 0 Å². The number of ketones is 2. The molecule has 3 unspecified atom stereocenters. The maximum atomic E-state index is 13.0. The van der Waals surface area contributed by atoms with Gasteiger partial charge in [-0.2, -0.15) is 0 Å². The van der Waals surface area contributed by atoms with Gasteiger partial charge in [-0.1, -0.05) is 60.8 Å². The van der Waals surface area contributed by atoms with Crippen molar-refractivity contribution >= 4 is 17.5 Å². The van der Waals surface area contributed by atoms with Crippen LogP contribution in [-0.4, -0.2) is 48.2 Å². The van der Waals surface area contributed by atoms with Gasteiger partial charge in [-0.15, -0.1) is 0 Å². The van der Waals surface area contributed by atoms with Crippen LogP contribution in [0, 0.1) is 11.8 Å². The molecule has 6 heteroatoms. The Morgan fingerprint density at radius 2 is 1.53 bits per heavy atom. The second-order valence-electron chi connectivity index (χ2n) is 10.2. The Hall–Kier alpha value is -1.53. The first kappa shape index (κ1) is 32.5. The van der Waals surface area contributed by atoms with Gasteiger partial charge >= 0.3 is 0 Å². The molecule has 0 heterocycles. The van der Waals surface area contributed by atoms with Crippen molar-refractivity contribution < 1.29 is 14.4 Å². The lowest BCUT2D eigenvalue weighted by Crippen LogP contribution is -2.52. The molecule has 0 spiro atoms. The molecule has 0 aromatic heterocycles. The first-order valence-electron chi connectivity index (χ1n) is 13.5. The van der Waals surface area contributed by atoms with Gasteiger partial charge in [0.25, 0.3) is 0 Å². The van der Waals surface area contributed by atoms with Crippen molar-refractivity contribution in [2.45, 2.75) is 118 Å². The summed E-state index contributed by atoms with van der Waals surface area (Å²) in [7, 11) is 0. The summed E-state index contributed by atoms with van der Waals surface area (Å²) in [5.74, 6) is 0.549. The Morgan fingerprint density at radius 3 is 2.06 bits per heavy atom. The Balaban J connectivity index is 4.57. The molecule has 0 bridgehead atoms. The van der Waals surface area contributed by atoms with Gasteiger partial charge in [0.15, 0.2) is 11.6 Å². The molecule has 6 nitrogen and oxygen atoms in total. The van der Waals surface area contributed by atoms with Gasteiger partial charge in [0.05, 0.1) is 5.54 Å². The lowest BCUT2D eigenvalue weighted by atomic mass is 9.89. The highest BCUT2D eigenvalue weighted by Crippen LogP contribution is 2.17. The molecular formula is C28H53N3O3. The molecule has 0 aliphatic heterocycles. The van der Waals surface area contributed by atoms with Crippen LogP contribution in [0.5, 0.6) is 0 Å². The fraction of sp³-hybridized carbons (Fsp3) is 0.821. The molecule has 0 radical (unpaired) electrons. The van der Waals surface area contributed by atoms with Crippen molar-refractivity contribution in [1.29, 1.82) is 0 Å². The molecule has 0 saturated carbocycles. The summed E-state index contributed by atoms with van der Waals surface area (Å²) in [6.07, 6.45) is 9.63. The fourth-order valence-corrected chi connectivity index (χ4v) is 3.93. The molecule has 0 fully saturated rings. The van der Waals surface area contributed by atoms with E-state index in [4.69, 9.17) is 0 Å². The Bertz CT molecular complexity index is 645. The van der Waals surface area contributed by atoms with E-state index in [0.29, 0.717) is 25.4 Å². The van der Waals surface area contributed by atoms with E-state index >= 15 is 0 Å². The third kappa shape index (κ3) is 12.3. The zero-order chi connectivity index (χ0) is 26.2. The zero-order valence-electron chi connectivity index (χ0n) is 23.3. The van der Waals surface area contributed by atoms with E-state index in [1.54, 1.807) is 0 Å². The lowest BCUT2D eigenvalue weighted by molar-refractivity contribution is -0.125. The van der Waals surface area contributed by atoms with E-state index in [-0.39, 0.29) is 28.9 Å². The third-order valence-electron chi connectivity index (χ3n) is 7.52.